The van der Waals surface area contributed by atoms with Gasteiger partial charge in [0.05, 0.1) is 6.10 Å². The van der Waals surface area contributed by atoms with Crippen LogP contribution in [0.4, 0.5) is 0 Å². The summed E-state index contributed by atoms with van der Waals surface area (Å²) in [6.45, 7) is 5.67. The first kappa shape index (κ1) is 14.6. The number of amides is 1. The molecule has 0 N–H and O–H groups in total. The van der Waals surface area contributed by atoms with Crippen molar-refractivity contribution in [1.82, 2.24) is 9.47 Å². The average Bonchev–Trinajstić information content (AvgIpc) is 2.80. The SMILES string of the molecule is COC1CCCN(C(=O)c2cc(Br)cn2C(C)C)C1. The van der Waals surface area contributed by atoms with Crippen LogP contribution < -0.4 is 0 Å². The summed E-state index contributed by atoms with van der Waals surface area (Å²) >= 11 is 3.45. The smallest absolute Gasteiger partial charge is 0.270 e. The highest BCUT2D eigenvalue weighted by molar-refractivity contribution is 9.10. The summed E-state index contributed by atoms with van der Waals surface area (Å²) in [6, 6.07) is 2.17. The predicted octanol–water partition coefficient (Wildman–Crippen LogP) is 3.08. The van der Waals surface area contributed by atoms with Crippen LogP contribution >= 0.6 is 15.9 Å². The Bertz CT molecular complexity index is 456. The van der Waals surface area contributed by atoms with E-state index in [1.54, 1.807) is 7.11 Å². The van der Waals surface area contributed by atoms with Crippen molar-refractivity contribution in [3.8, 4) is 0 Å². The monoisotopic (exact) mass is 328 g/mol. The Hall–Kier alpha value is -0.810. The number of aromatic nitrogens is 1. The first-order chi connectivity index (χ1) is 9.02. The number of carbonyl (C=O) groups is 1. The number of halogens is 1. The van der Waals surface area contributed by atoms with Gasteiger partial charge in [-0.15, -0.1) is 0 Å². The third kappa shape index (κ3) is 3.20. The van der Waals surface area contributed by atoms with Crippen molar-refractivity contribution in [3.05, 3.63) is 22.4 Å². The Morgan fingerprint density at radius 2 is 2.26 bits per heavy atom. The number of ether oxygens (including phenoxy) is 1. The summed E-state index contributed by atoms with van der Waals surface area (Å²) in [7, 11) is 1.71. The predicted molar refractivity (Wildman–Crippen MR) is 78.5 cm³/mol. The van der Waals surface area contributed by atoms with E-state index < -0.39 is 0 Å². The van der Waals surface area contributed by atoms with E-state index in [9.17, 15) is 4.79 Å². The van der Waals surface area contributed by atoms with Gasteiger partial charge < -0.3 is 14.2 Å². The Kier molecular flexibility index (Phi) is 4.68. The molecule has 2 rings (SSSR count). The van der Waals surface area contributed by atoms with Crippen LogP contribution in [0.2, 0.25) is 0 Å². The first-order valence-corrected chi connectivity index (χ1v) is 7.51. The zero-order valence-corrected chi connectivity index (χ0v) is 13.3. The van der Waals surface area contributed by atoms with E-state index in [0.29, 0.717) is 6.54 Å². The molecule has 5 heteroatoms. The van der Waals surface area contributed by atoms with E-state index in [1.165, 1.54) is 0 Å². The molecule has 0 spiro atoms. The number of hydrogen-bond acceptors (Lipinski definition) is 2. The topological polar surface area (TPSA) is 34.5 Å². The molecule has 1 amide bonds. The second kappa shape index (κ2) is 6.09. The third-order valence-electron chi connectivity index (χ3n) is 3.59. The van der Waals surface area contributed by atoms with Gasteiger partial charge in [0.2, 0.25) is 0 Å². The van der Waals surface area contributed by atoms with Crippen molar-refractivity contribution >= 4 is 21.8 Å². The second-order valence-electron chi connectivity index (χ2n) is 5.30. The van der Waals surface area contributed by atoms with Gasteiger partial charge in [-0.25, -0.2) is 0 Å². The number of carbonyl (C=O) groups excluding carboxylic acids is 1. The highest BCUT2D eigenvalue weighted by Crippen LogP contribution is 2.22. The lowest BCUT2D eigenvalue weighted by molar-refractivity contribution is 0.0262. The zero-order chi connectivity index (χ0) is 14.0. The fraction of sp³-hybridized carbons (Fsp3) is 0.643. The van der Waals surface area contributed by atoms with Crippen LogP contribution in [0.5, 0.6) is 0 Å². The Balaban J connectivity index is 2.19. The second-order valence-corrected chi connectivity index (χ2v) is 6.21. The highest BCUT2D eigenvalue weighted by atomic mass is 79.9. The minimum absolute atomic E-state index is 0.0983. The van der Waals surface area contributed by atoms with Crippen molar-refractivity contribution in [2.24, 2.45) is 0 Å². The van der Waals surface area contributed by atoms with Gasteiger partial charge in [0, 0.05) is 36.9 Å². The van der Waals surface area contributed by atoms with Crippen LogP contribution in [0, 0.1) is 0 Å². The summed E-state index contributed by atoms with van der Waals surface area (Å²) in [4.78, 5) is 14.5. The molecule has 106 valence electrons. The van der Waals surface area contributed by atoms with Crippen molar-refractivity contribution < 1.29 is 9.53 Å². The lowest BCUT2D eigenvalue weighted by atomic mass is 10.1. The van der Waals surface area contributed by atoms with Crippen LogP contribution in [-0.2, 0) is 4.74 Å². The molecule has 0 aliphatic carbocycles. The molecule has 0 bridgehead atoms. The fourth-order valence-electron chi connectivity index (χ4n) is 2.52. The number of hydrogen-bond donors (Lipinski definition) is 0. The molecule has 1 atom stereocenters. The van der Waals surface area contributed by atoms with Crippen molar-refractivity contribution in [2.45, 2.75) is 38.8 Å². The van der Waals surface area contributed by atoms with Gasteiger partial charge in [-0.2, -0.15) is 0 Å². The Labute approximate surface area is 122 Å². The summed E-state index contributed by atoms with van der Waals surface area (Å²) in [6.07, 6.45) is 4.18. The maximum Gasteiger partial charge on any atom is 0.270 e. The van der Waals surface area contributed by atoms with Crippen LogP contribution in [0.1, 0.15) is 43.2 Å². The lowest BCUT2D eigenvalue weighted by Gasteiger charge is -2.32. The molecule has 2 heterocycles. The number of rotatable bonds is 3. The van der Waals surface area contributed by atoms with Crippen molar-refractivity contribution in [1.29, 1.82) is 0 Å². The highest BCUT2D eigenvalue weighted by Gasteiger charge is 2.26. The molecule has 1 aromatic rings. The van der Waals surface area contributed by atoms with E-state index in [1.807, 2.05) is 21.7 Å². The standard InChI is InChI=1S/C14H21BrN2O2/c1-10(2)17-8-11(15)7-13(17)14(18)16-6-4-5-12(9-16)19-3/h7-8,10,12H,4-6,9H2,1-3H3. The van der Waals surface area contributed by atoms with Crippen molar-refractivity contribution in [2.75, 3.05) is 20.2 Å². The number of likely N-dealkylation sites (tertiary alicyclic amines) is 1. The van der Waals surface area contributed by atoms with Gasteiger partial charge in [0.15, 0.2) is 0 Å². The van der Waals surface area contributed by atoms with E-state index in [0.717, 1.165) is 29.6 Å². The molecule has 0 aromatic carbocycles. The lowest BCUT2D eigenvalue weighted by Crippen LogP contribution is -2.43. The summed E-state index contributed by atoms with van der Waals surface area (Å²) in [5.41, 5.74) is 0.749. The normalized spacial score (nSPS) is 20.1. The summed E-state index contributed by atoms with van der Waals surface area (Å²) < 4.78 is 8.35. The van der Waals surface area contributed by atoms with Crippen LogP contribution in [-0.4, -0.2) is 41.7 Å². The van der Waals surface area contributed by atoms with Gasteiger partial charge in [0.1, 0.15) is 5.69 Å². The van der Waals surface area contributed by atoms with Crippen LogP contribution in [0.15, 0.2) is 16.7 Å². The number of piperidine rings is 1. The number of methoxy groups -OCH3 is 1. The van der Waals surface area contributed by atoms with Crippen molar-refractivity contribution in [3.63, 3.8) is 0 Å². The van der Waals surface area contributed by atoms with Gasteiger partial charge >= 0.3 is 0 Å². The molecule has 1 aliphatic heterocycles. The molecule has 1 fully saturated rings. The Morgan fingerprint density at radius 3 is 2.89 bits per heavy atom. The minimum Gasteiger partial charge on any atom is -0.380 e. The maximum absolute atomic E-state index is 12.6. The number of nitrogens with zero attached hydrogens (tertiary/aromatic N) is 2. The average molecular weight is 329 g/mol. The van der Waals surface area contributed by atoms with Crippen LogP contribution in [0.25, 0.3) is 0 Å². The van der Waals surface area contributed by atoms with E-state index in [-0.39, 0.29) is 18.1 Å². The third-order valence-corrected chi connectivity index (χ3v) is 4.02. The molecule has 1 saturated heterocycles. The van der Waals surface area contributed by atoms with Gasteiger partial charge in [-0.3, -0.25) is 4.79 Å². The minimum atomic E-state index is 0.0983. The van der Waals surface area contributed by atoms with E-state index >= 15 is 0 Å². The fourth-order valence-corrected chi connectivity index (χ4v) is 2.96. The molecule has 1 aliphatic rings. The quantitative estimate of drug-likeness (QED) is 0.854. The first-order valence-electron chi connectivity index (χ1n) is 6.72. The maximum atomic E-state index is 12.6. The molecule has 19 heavy (non-hydrogen) atoms. The molecule has 1 aromatic heterocycles. The summed E-state index contributed by atoms with van der Waals surface area (Å²) in [5.74, 6) is 0.0983. The largest absolute Gasteiger partial charge is 0.380 e. The molecule has 0 saturated carbocycles. The molecule has 4 nitrogen and oxygen atoms in total. The van der Waals surface area contributed by atoms with Gasteiger partial charge in [-0.05, 0) is 48.7 Å². The van der Waals surface area contributed by atoms with Crippen LogP contribution in [0.3, 0.4) is 0 Å². The molecular weight excluding hydrogens is 308 g/mol. The summed E-state index contributed by atoms with van der Waals surface area (Å²) in [5, 5.41) is 0. The molecule has 0 radical (unpaired) electrons. The molecular formula is C14H21BrN2O2. The molecule has 1 unspecified atom stereocenters. The van der Waals surface area contributed by atoms with Gasteiger partial charge in [-0.1, -0.05) is 0 Å². The van der Waals surface area contributed by atoms with Gasteiger partial charge in [0.25, 0.3) is 5.91 Å². The van der Waals surface area contributed by atoms with E-state index in [4.69, 9.17) is 4.74 Å². The zero-order valence-electron chi connectivity index (χ0n) is 11.7. The Morgan fingerprint density at radius 1 is 1.53 bits per heavy atom. The van der Waals surface area contributed by atoms with E-state index in [2.05, 4.69) is 29.8 Å².